The van der Waals surface area contributed by atoms with Gasteiger partial charge in [0.1, 0.15) is 5.75 Å². The van der Waals surface area contributed by atoms with E-state index in [-0.39, 0.29) is 30.9 Å². The van der Waals surface area contributed by atoms with Gasteiger partial charge in [-0.25, -0.2) is 9.69 Å². The number of nitrogens with zero attached hydrogens (tertiary/aromatic N) is 1. The normalized spacial score (nSPS) is 13.6. The van der Waals surface area contributed by atoms with E-state index < -0.39 is 6.03 Å². The number of rotatable bonds is 6. The number of aryl methyl sites for hydroxylation is 1. The van der Waals surface area contributed by atoms with Crippen LogP contribution >= 0.6 is 0 Å². The summed E-state index contributed by atoms with van der Waals surface area (Å²) in [5, 5.41) is 5.20. The molecule has 1 saturated heterocycles. The van der Waals surface area contributed by atoms with E-state index in [1.165, 1.54) is 0 Å². The van der Waals surface area contributed by atoms with Gasteiger partial charge in [0.2, 0.25) is 0 Å². The van der Waals surface area contributed by atoms with Crippen molar-refractivity contribution in [2.45, 2.75) is 26.7 Å². The van der Waals surface area contributed by atoms with Crippen LogP contribution in [0.5, 0.6) is 5.75 Å². The molecule has 1 aliphatic heterocycles. The average molecular weight is 381 g/mol. The highest BCUT2D eigenvalue weighted by atomic mass is 16.5. The smallest absolute Gasteiger partial charge is 0.329 e. The number of hydrogen-bond acceptors (Lipinski definition) is 4. The maximum Gasteiger partial charge on any atom is 0.329 e. The average Bonchev–Trinajstić information content (AvgIpc) is 2.98. The largest absolute Gasteiger partial charge is 0.483 e. The molecule has 0 unspecified atom stereocenters. The Bertz CT molecular complexity index is 908. The minimum Gasteiger partial charge on any atom is -0.483 e. The lowest BCUT2D eigenvalue weighted by Crippen LogP contribution is -2.30. The van der Waals surface area contributed by atoms with Crippen LogP contribution in [0.25, 0.3) is 0 Å². The highest BCUT2D eigenvalue weighted by molar-refractivity contribution is 6.20. The molecule has 3 rings (SSSR count). The maximum absolute atomic E-state index is 12.3. The molecule has 28 heavy (non-hydrogen) atoms. The Morgan fingerprint density at radius 1 is 1.21 bits per heavy atom. The number of imide groups is 1. The summed E-state index contributed by atoms with van der Waals surface area (Å²) in [6.07, 6.45) is 0. The van der Waals surface area contributed by atoms with Crippen LogP contribution in [-0.4, -0.2) is 31.0 Å². The molecule has 1 aliphatic rings. The van der Waals surface area contributed by atoms with Gasteiger partial charge in [-0.2, -0.15) is 0 Å². The number of amides is 4. The van der Waals surface area contributed by atoms with Crippen LogP contribution in [0, 0.1) is 6.92 Å². The molecule has 0 atom stereocenters. The number of anilines is 2. The van der Waals surface area contributed by atoms with Crippen molar-refractivity contribution in [2.75, 3.05) is 23.4 Å². The lowest BCUT2D eigenvalue weighted by Gasteiger charge is -2.16. The van der Waals surface area contributed by atoms with E-state index >= 15 is 0 Å². The van der Waals surface area contributed by atoms with Gasteiger partial charge in [-0.05, 0) is 48.2 Å². The fourth-order valence-corrected chi connectivity index (χ4v) is 2.99. The number of benzene rings is 2. The summed E-state index contributed by atoms with van der Waals surface area (Å²) in [6.45, 7) is 5.94. The molecule has 0 radical (unpaired) electrons. The van der Waals surface area contributed by atoms with Crippen LogP contribution in [0.1, 0.15) is 30.9 Å². The molecule has 2 aromatic carbocycles. The topological polar surface area (TPSA) is 87.7 Å². The van der Waals surface area contributed by atoms with E-state index in [1.54, 1.807) is 24.3 Å². The SMILES string of the molecule is Cc1ccc(C(C)C)c(OCC(=O)Nc2cccc(N3C(=O)CNC3=O)c2)c1. The molecule has 0 aliphatic carbocycles. The van der Waals surface area contributed by atoms with Gasteiger partial charge in [0, 0.05) is 5.69 Å². The summed E-state index contributed by atoms with van der Waals surface area (Å²) < 4.78 is 5.74. The Balaban J connectivity index is 1.66. The summed E-state index contributed by atoms with van der Waals surface area (Å²) >= 11 is 0. The van der Waals surface area contributed by atoms with E-state index in [1.807, 2.05) is 25.1 Å². The van der Waals surface area contributed by atoms with Gasteiger partial charge < -0.3 is 15.4 Å². The first kappa shape index (κ1) is 19.4. The molecule has 1 fully saturated rings. The summed E-state index contributed by atoms with van der Waals surface area (Å²) in [6, 6.07) is 12.0. The summed E-state index contributed by atoms with van der Waals surface area (Å²) in [4.78, 5) is 37.0. The minimum atomic E-state index is -0.475. The Kier molecular flexibility index (Phi) is 5.63. The molecule has 2 aromatic rings. The van der Waals surface area contributed by atoms with Crippen LogP contribution in [0.2, 0.25) is 0 Å². The van der Waals surface area contributed by atoms with E-state index in [4.69, 9.17) is 4.74 Å². The molecule has 1 heterocycles. The highest BCUT2D eigenvalue weighted by Crippen LogP contribution is 2.27. The first-order chi connectivity index (χ1) is 13.3. The first-order valence-corrected chi connectivity index (χ1v) is 9.09. The van der Waals surface area contributed by atoms with Crippen LogP contribution in [0.15, 0.2) is 42.5 Å². The molecule has 0 saturated carbocycles. The van der Waals surface area contributed by atoms with Crippen molar-refractivity contribution >= 4 is 29.2 Å². The summed E-state index contributed by atoms with van der Waals surface area (Å²) in [5.74, 6) is 0.306. The van der Waals surface area contributed by atoms with E-state index in [0.717, 1.165) is 16.0 Å². The molecule has 0 aromatic heterocycles. The monoisotopic (exact) mass is 381 g/mol. The van der Waals surface area contributed by atoms with Crippen molar-refractivity contribution < 1.29 is 19.1 Å². The van der Waals surface area contributed by atoms with Crippen molar-refractivity contribution in [1.82, 2.24) is 5.32 Å². The fraction of sp³-hybridized carbons (Fsp3) is 0.286. The lowest BCUT2D eigenvalue weighted by molar-refractivity contribution is -0.118. The van der Waals surface area contributed by atoms with Gasteiger partial charge in [-0.1, -0.05) is 32.0 Å². The van der Waals surface area contributed by atoms with E-state index in [9.17, 15) is 14.4 Å². The Hall–Kier alpha value is -3.35. The van der Waals surface area contributed by atoms with Crippen LogP contribution in [0.3, 0.4) is 0 Å². The Morgan fingerprint density at radius 3 is 2.68 bits per heavy atom. The third-order valence-corrected chi connectivity index (χ3v) is 4.38. The predicted octanol–water partition coefficient (Wildman–Crippen LogP) is 3.19. The van der Waals surface area contributed by atoms with Crippen molar-refractivity contribution in [3.63, 3.8) is 0 Å². The van der Waals surface area contributed by atoms with Crippen LogP contribution < -0.4 is 20.3 Å². The molecule has 146 valence electrons. The number of carbonyl (C=O) groups is 3. The standard InChI is InChI=1S/C21H23N3O4/c1-13(2)17-8-7-14(3)9-18(17)28-12-19(25)23-15-5-4-6-16(10-15)24-20(26)11-22-21(24)27/h4-10,13H,11-12H2,1-3H3,(H,22,27)(H,23,25). The fourth-order valence-electron chi connectivity index (χ4n) is 2.99. The van der Waals surface area contributed by atoms with Gasteiger partial charge in [0.15, 0.2) is 6.61 Å². The van der Waals surface area contributed by atoms with Crippen LogP contribution in [-0.2, 0) is 9.59 Å². The van der Waals surface area contributed by atoms with Crippen LogP contribution in [0.4, 0.5) is 16.2 Å². The summed E-state index contributed by atoms with van der Waals surface area (Å²) in [5.41, 5.74) is 2.98. The Morgan fingerprint density at radius 2 is 2.00 bits per heavy atom. The second-order valence-electron chi connectivity index (χ2n) is 6.97. The molecular formula is C21H23N3O4. The molecule has 4 amide bonds. The number of carbonyl (C=O) groups excluding carboxylic acids is 3. The number of urea groups is 1. The van der Waals surface area contributed by atoms with E-state index in [2.05, 4.69) is 24.5 Å². The summed E-state index contributed by atoms with van der Waals surface area (Å²) in [7, 11) is 0. The van der Waals surface area contributed by atoms with Crippen molar-refractivity contribution in [2.24, 2.45) is 0 Å². The van der Waals surface area contributed by atoms with Crippen molar-refractivity contribution in [3.8, 4) is 5.75 Å². The first-order valence-electron chi connectivity index (χ1n) is 9.09. The van der Waals surface area contributed by atoms with Crippen molar-refractivity contribution in [1.29, 1.82) is 0 Å². The third kappa shape index (κ3) is 4.31. The number of ether oxygens (including phenoxy) is 1. The van der Waals surface area contributed by atoms with Crippen molar-refractivity contribution in [3.05, 3.63) is 53.6 Å². The second-order valence-corrected chi connectivity index (χ2v) is 6.97. The minimum absolute atomic E-state index is 0.0298. The predicted molar refractivity (Wildman–Crippen MR) is 107 cm³/mol. The van der Waals surface area contributed by atoms with Gasteiger partial charge in [0.25, 0.3) is 11.8 Å². The van der Waals surface area contributed by atoms with Gasteiger partial charge in [-0.15, -0.1) is 0 Å². The third-order valence-electron chi connectivity index (χ3n) is 4.38. The second kappa shape index (κ2) is 8.12. The zero-order valence-corrected chi connectivity index (χ0v) is 16.1. The maximum atomic E-state index is 12.3. The lowest BCUT2D eigenvalue weighted by atomic mass is 10.0. The van der Waals surface area contributed by atoms with Gasteiger partial charge in [-0.3, -0.25) is 9.59 Å². The van der Waals surface area contributed by atoms with Gasteiger partial charge >= 0.3 is 6.03 Å². The van der Waals surface area contributed by atoms with E-state index in [0.29, 0.717) is 17.1 Å². The van der Waals surface area contributed by atoms with Gasteiger partial charge in [0.05, 0.1) is 12.2 Å². The zero-order valence-electron chi connectivity index (χ0n) is 16.1. The molecule has 2 N–H and O–H groups in total. The number of hydrogen-bond donors (Lipinski definition) is 2. The zero-order chi connectivity index (χ0) is 20.3. The molecule has 7 nitrogen and oxygen atoms in total. The molecular weight excluding hydrogens is 358 g/mol. The molecule has 7 heteroatoms. The Labute approximate surface area is 163 Å². The molecule has 0 bridgehead atoms. The quantitative estimate of drug-likeness (QED) is 0.752. The molecule has 0 spiro atoms. The highest BCUT2D eigenvalue weighted by Gasteiger charge is 2.30. The number of nitrogens with one attached hydrogen (secondary N) is 2.